The summed E-state index contributed by atoms with van der Waals surface area (Å²) in [6.45, 7) is 9.15. The van der Waals surface area contributed by atoms with Gasteiger partial charge in [0, 0.05) is 34.0 Å². The molecule has 0 saturated carbocycles. The fraction of sp³-hybridized carbons (Fsp3) is 0.343. The molecule has 0 bridgehead atoms. The van der Waals surface area contributed by atoms with Gasteiger partial charge in [-0.05, 0) is 55.2 Å². The van der Waals surface area contributed by atoms with Crippen molar-refractivity contribution in [3.05, 3.63) is 113 Å². The smallest absolute Gasteiger partial charge is 0.213 e. The number of rotatable bonds is 3. The molecule has 3 aliphatic heterocycles. The first-order valence-corrected chi connectivity index (χ1v) is 14.3. The topological polar surface area (TPSA) is 36.9 Å². The van der Waals surface area contributed by atoms with Crippen LogP contribution in [0.15, 0.2) is 113 Å². The zero-order valence-corrected chi connectivity index (χ0v) is 23.3. The van der Waals surface area contributed by atoms with Gasteiger partial charge < -0.3 is 15.0 Å². The molecule has 0 spiro atoms. The Labute approximate surface area is 232 Å². The van der Waals surface area contributed by atoms with Gasteiger partial charge in [-0.3, -0.25) is 0 Å². The van der Waals surface area contributed by atoms with Crippen molar-refractivity contribution in [3.63, 3.8) is 0 Å². The van der Waals surface area contributed by atoms with Gasteiger partial charge in [0.25, 0.3) is 0 Å². The number of ether oxygens (including phenoxy) is 1. The van der Waals surface area contributed by atoms with E-state index in [1.165, 1.54) is 33.7 Å². The van der Waals surface area contributed by atoms with E-state index in [2.05, 4.69) is 123 Å². The zero-order valence-electron chi connectivity index (χ0n) is 23.3. The summed E-state index contributed by atoms with van der Waals surface area (Å²) in [5.74, 6) is 1.57. The second kappa shape index (κ2) is 9.15. The van der Waals surface area contributed by atoms with Gasteiger partial charge >= 0.3 is 0 Å². The third-order valence-electron chi connectivity index (χ3n) is 8.92. The number of anilines is 2. The minimum atomic E-state index is -0.0455. The predicted molar refractivity (Wildman–Crippen MR) is 161 cm³/mol. The quantitative estimate of drug-likeness (QED) is 0.447. The van der Waals surface area contributed by atoms with E-state index in [4.69, 9.17) is 9.73 Å². The predicted octanol–water partition coefficient (Wildman–Crippen LogP) is 8.26. The fourth-order valence-corrected chi connectivity index (χ4v) is 6.69. The van der Waals surface area contributed by atoms with E-state index in [-0.39, 0.29) is 23.6 Å². The van der Waals surface area contributed by atoms with E-state index < -0.39 is 0 Å². The van der Waals surface area contributed by atoms with Crippen molar-refractivity contribution < 1.29 is 4.74 Å². The first kappa shape index (κ1) is 24.3. The van der Waals surface area contributed by atoms with Crippen molar-refractivity contribution in [2.24, 2.45) is 22.2 Å². The fourth-order valence-electron chi connectivity index (χ4n) is 6.69. The van der Waals surface area contributed by atoms with Gasteiger partial charge in [-0.25, -0.2) is 4.99 Å². The van der Waals surface area contributed by atoms with Gasteiger partial charge in [0.1, 0.15) is 12.3 Å². The zero-order chi connectivity index (χ0) is 26.7. The summed E-state index contributed by atoms with van der Waals surface area (Å²) in [5.41, 5.74) is 10.2. The highest BCUT2D eigenvalue weighted by atomic mass is 16.5. The lowest BCUT2D eigenvalue weighted by molar-refractivity contribution is 0.148. The number of benzene rings is 2. The summed E-state index contributed by atoms with van der Waals surface area (Å²) < 4.78 is 6.64. The molecular weight excluding hydrogens is 478 g/mol. The second-order valence-electron chi connectivity index (χ2n) is 12.5. The van der Waals surface area contributed by atoms with Crippen LogP contribution < -0.4 is 10.2 Å². The Kier molecular flexibility index (Phi) is 5.69. The Morgan fingerprint density at radius 1 is 1.00 bits per heavy atom. The van der Waals surface area contributed by atoms with Crippen LogP contribution in [0.4, 0.5) is 11.4 Å². The van der Waals surface area contributed by atoms with Crippen LogP contribution in [0.2, 0.25) is 0 Å². The van der Waals surface area contributed by atoms with Crippen LogP contribution in [0.5, 0.6) is 0 Å². The molecule has 2 aromatic rings. The van der Waals surface area contributed by atoms with Gasteiger partial charge in [-0.15, -0.1) is 0 Å². The van der Waals surface area contributed by atoms with E-state index in [9.17, 15) is 0 Å². The standard InChI is InChI=1S/C35H37N3O/c1-22-17-19-26-25-13-10-14-27(32(25)39-34(26)36-22)33-37-29-15-8-9-16-31(29)38(33)30-20-18-24(35(2,3)4)21-28(30)23-11-6-5-7-12-23/h5-16,20-21,24-25,32-33,37H,17-19H2,1-4H3. The van der Waals surface area contributed by atoms with Crippen LogP contribution >= 0.6 is 0 Å². The van der Waals surface area contributed by atoms with E-state index in [1.54, 1.807) is 0 Å². The molecule has 0 amide bonds. The molecule has 1 N–H and O–H groups in total. The molecule has 5 aliphatic rings. The van der Waals surface area contributed by atoms with E-state index >= 15 is 0 Å². The van der Waals surface area contributed by atoms with Crippen LogP contribution in [0, 0.1) is 17.3 Å². The van der Waals surface area contributed by atoms with Gasteiger partial charge in [-0.1, -0.05) is 93.6 Å². The molecule has 4 atom stereocenters. The van der Waals surface area contributed by atoms with Crippen LogP contribution in [0.1, 0.15) is 52.5 Å². The molecule has 0 aromatic heterocycles. The summed E-state index contributed by atoms with van der Waals surface area (Å²) >= 11 is 0. The minimum Gasteiger partial charge on any atom is -0.469 e. The Hall–Kier alpha value is -3.79. The minimum absolute atomic E-state index is 0.0420. The molecule has 198 valence electrons. The van der Waals surface area contributed by atoms with Gasteiger partial charge in [-0.2, -0.15) is 0 Å². The number of fused-ring (bicyclic) bond motifs is 3. The van der Waals surface area contributed by atoms with Gasteiger partial charge in [0.2, 0.25) is 5.88 Å². The van der Waals surface area contributed by atoms with Gasteiger partial charge in [0.15, 0.2) is 0 Å². The normalized spacial score (nSPS) is 27.4. The van der Waals surface area contributed by atoms with Crippen LogP contribution in [-0.2, 0) is 4.74 Å². The third kappa shape index (κ3) is 4.09. The highest BCUT2D eigenvalue weighted by molar-refractivity contribution is 5.90. The first-order chi connectivity index (χ1) is 18.9. The average Bonchev–Trinajstić information content (AvgIpc) is 3.50. The third-order valence-corrected chi connectivity index (χ3v) is 8.92. The monoisotopic (exact) mass is 515 g/mol. The summed E-state index contributed by atoms with van der Waals surface area (Å²) in [4.78, 5) is 7.34. The van der Waals surface area contributed by atoms with Gasteiger partial charge in [0.05, 0.1) is 11.4 Å². The molecule has 2 aliphatic carbocycles. The van der Waals surface area contributed by atoms with E-state index in [1.807, 2.05) is 0 Å². The maximum Gasteiger partial charge on any atom is 0.213 e. The van der Waals surface area contributed by atoms with Crippen molar-refractivity contribution >= 4 is 22.7 Å². The van der Waals surface area contributed by atoms with E-state index in [0.717, 1.165) is 36.5 Å². The highest BCUT2D eigenvalue weighted by Gasteiger charge is 2.46. The van der Waals surface area contributed by atoms with E-state index in [0.29, 0.717) is 5.92 Å². The van der Waals surface area contributed by atoms with Crippen LogP contribution in [0.25, 0.3) is 5.57 Å². The molecule has 4 heteroatoms. The average molecular weight is 516 g/mol. The Morgan fingerprint density at radius 3 is 2.62 bits per heavy atom. The lowest BCUT2D eigenvalue weighted by atomic mass is 9.74. The Balaban J connectivity index is 1.31. The summed E-state index contributed by atoms with van der Waals surface area (Å²) in [6.07, 6.45) is 14.8. The molecule has 7 rings (SSSR count). The molecular formula is C35H37N3O. The summed E-state index contributed by atoms with van der Waals surface area (Å²) in [5, 5.41) is 3.89. The molecule has 0 fully saturated rings. The lowest BCUT2D eigenvalue weighted by Gasteiger charge is -2.39. The van der Waals surface area contributed by atoms with Crippen molar-refractivity contribution in [2.75, 3.05) is 10.2 Å². The summed E-state index contributed by atoms with van der Waals surface area (Å²) in [7, 11) is 0. The summed E-state index contributed by atoms with van der Waals surface area (Å²) in [6, 6.07) is 19.6. The van der Waals surface area contributed by atoms with Crippen molar-refractivity contribution in [1.82, 2.24) is 0 Å². The first-order valence-electron chi connectivity index (χ1n) is 14.3. The Morgan fingerprint density at radius 2 is 1.79 bits per heavy atom. The number of hydrogen-bond acceptors (Lipinski definition) is 4. The highest BCUT2D eigenvalue weighted by Crippen LogP contribution is 2.50. The molecule has 2 aromatic carbocycles. The molecule has 39 heavy (non-hydrogen) atoms. The number of aliphatic imine (C=N–C) groups is 1. The largest absolute Gasteiger partial charge is 0.469 e. The SMILES string of the molecule is CC1=NC2=C(CC1)C1C=CC=C(C3Nc4ccccc4N3C3=CCC(C(C)(C)C)C=C3c3ccccc3)C1O2. The van der Waals surface area contributed by atoms with Crippen molar-refractivity contribution in [3.8, 4) is 0 Å². The number of para-hydroxylation sites is 2. The molecule has 0 radical (unpaired) electrons. The maximum atomic E-state index is 6.64. The lowest BCUT2D eigenvalue weighted by Crippen LogP contribution is -2.43. The van der Waals surface area contributed by atoms with Crippen molar-refractivity contribution in [1.29, 1.82) is 0 Å². The molecule has 3 heterocycles. The molecule has 0 saturated heterocycles. The molecule has 4 unspecified atom stereocenters. The number of hydrogen-bond donors (Lipinski definition) is 1. The number of nitrogens with zero attached hydrogens (tertiary/aromatic N) is 2. The molecule has 4 nitrogen and oxygen atoms in total. The second-order valence-corrected chi connectivity index (χ2v) is 12.5. The van der Waals surface area contributed by atoms with Crippen LogP contribution in [0.3, 0.4) is 0 Å². The van der Waals surface area contributed by atoms with Crippen LogP contribution in [-0.4, -0.2) is 18.0 Å². The maximum absolute atomic E-state index is 6.64. The Bertz CT molecular complexity index is 1500. The number of nitrogens with one attached hydrogen (secondary N) is 1. The number of allylic oxidation sites excluding steroid dienone is 5. The van der Waals surface area contributed by atoms with Crippen molar-refractivity contribution in [2.45, 2.75) is 59.2 Å².